The molecule has 9 heteroatoms. The molecule has 0 atom stereocenters. The van der Waals surface area contributed by atoms with Gasteiger partial charge in [-0.15, -0.1) is 0 Å². The number of nitrogens with zero attached hydrogens (tertiary/aromatic N) is 2. The molecule has 2 aromatic rings. The Kier molecular flexibility index (Phi) is 7.55. The van der Waals surface area contributed by atoms with Crippen LogP contribution in [0, 0.1) is 5.92 Å². The Hall–Kier alpha value is -3.36. The minimum atomic E-state index is -0.832. The fourth-order valence-corrected chi connectivity index (χ4v) is 2.24. The van der Waals surface area contributed by atoms with Crippen LogP contribution in [0.1, 0.15) is 30.8 Å². The summed E-state index contributed by atoms with van der Waals surface area (Å²) in [6.45, 7) is 3.89. The lowest BCUT2D eigenvalue weighted by atomic mass is 10.1. The lowest BCUT2D eigenvalue weighted by Crippen LogP contribution is -2.42. The van der Waals surface area contributed by atoms with Gasteiger partial charge in [0.25, 0.3) is 5.91 Å². The molecule has 28 heavy (non-hydrogen) atoms. The average molecular weight is 388 g/mol. The van der Waals surface area contributed by atoms with Crippen molar-refractivity contribution in [1.29, 1.82) is 0 Å². The lowest BCUT2D eigenvalue weighted by Gasteiger charge is -2.08. The van der Waals surface area contributed by atoms with Gasteiger partial charge >= 0.3 is 12.0 Å². The molecule has 2 N–H and O–H groups in total. The number of esters is 1. The normalized spacial score (nSPS) is 10.4. The van der Waals surface area contributed by atoms with Crippen LogP contribution in [-0.2, 0) is 9.53 Å². The molecule has 0 aliphatic carbocycles. The molecule has 0 saturated carbocycles. The van der Waals surface area contributed by atoms with Crippen LogP contribution in [-0.4, -0.2) is 47.9 Å². The van der Waals surface area contributed by atoms with E-state index in [2.05, 4.69) is 15.7 Å². The number of ether oxygens (including phenoxy) is 2. The van der Waals surface area contributed by atoms with Gasteiger partial charge in [0.2, 0.25) is 5.69 Å². The smallest absolute Gasteiger partial charge is 0.363 e. The lowest BCUT2D eigenvalue weighted by molar-refractivity contribution is -0.123. The molecule has 9 nitrogen and oxygen atoms in total. The maximum atomic E-state index is 12.2. The third kappa shape index (κ3) is 6.11. The first-order chi connectivity index (χ1) is 13.4. The predicted molar refractivity (Wildman–Crippen MR) is 101 cm³/mol. The van der Waals surface area contributed by atoms with Gasteiger partial charge in [0.05, 0.1) is 19.0 Å². The number of imide groups is 1. The molecule has 0 fully saturated rings. The van der Waals surface area contributed by atoms with Gasteiger partial charge in [0.1, 0.15) is 0 Å². The van der Waals surface area contributed by atoms with Crippen molar-refractivity contribution in [2.45, 2.75) is 20.3 Å². The number of carbonyl (C=O) groups excluding carboxylic acids is 3. The van der Waals surface area contributed by atoms with Crippen LogP contribution in [0.25, 0.3) is 5.69 Å². The Morgan fingerprint density at radius 3 is 2.54 bits per heavy atom. The van der Waals surface area contributed by atoms with Crippen LogP contribution < -0.4 is 15.4 Å². The van der Waals surface area contributed by atoms with Crippen molar-refractivity contribution in [3.63, 3.8) is 0 Å². The first kappa shape index (κ1) is 20.9. The molecule has 0 aliphatic rings. The maximum Gasteiger partial charge on any atom is 0.363 e. The summed E-state index contributed by atoms with van der Waals surface area (Å²) < 4.78 is 11.6. The largest absolute Gasteiger partial charge is 0.493 e. The second-order valence-corrected chi connectivity index (χ2v) is 6.39. The van der Waals surface area contributed by atoms with Gasteiger partial charge in [-0.3, -0.25) is 10.1 Å². The summed E-state index contributed by atoms with van der Waals surface area (Å²) in [4.78, 5) is 35.6. The van der Waals surface area contributed by atoms with Crippen LogP contribution in [0.3, 0.4) is 0 Å². The average Bonchev–Trinajstić information content (AvgIpc) is 3.11. The van der Waals surface area contributed by atoms with Crippen molar-refractivity contribution >= 4 is 17.9 Å². The molecule has 1 heterocycles. The third-order valence-electron chi connectivity index (χ3n) is 3.71. The van der Waals surface area contributed by atoms with E-state index >= 15 is 0 Å². The molecule has 1 aromatic heterocycles. The number of hydrogen-bond acceptors (Lipinski definition) is 6. The number of urea groups is 1. The summed E-state index contributed by atoms with van der Waals surface area (Å²) in [7, 11) is 1.40. The molecule has 0 unspecified atom stereocenters. The molecule has 0 radical (unpaired) electrons. The van der Waals surface area contributed by atoms with E-state index in [0.717, 1.165) is 12.1 Å². The van der Waals surface area contributed by atoms with E-state index in [1.807, 2.05) is 44.2 Å². The highest BCUT2D eigenvalue weighted by atomic mass is 16.5. The summed E-state index contributed by atoms with van der Waals surface area (Å²) in [5.41, 5.74) is 0.663. The Bertz CT molecular complexity index is 817. The van der Waals surface area contributed by atoms with Crippen molar-refractivity contribution < 1.29 is 23.9 Å². The van der Waals surface area contributed by atoms with Gasteiger partial charge in [-0.25, -0.2) is 14.3 Å². The van der Waals surface area contributed by atoms with Crippen molar-refractivity contribution in [3.05, 3.63) is 42.2 Å². The minimum Gasteiger partial charge on any atom is -0.493 e. The quantitative estimate of drug-likeness (QED) is 0.668. The zero-order valence-corrected chi connectivity index (χ0v) is 16.1. The summed E-state index contributed by atoms with van der Waals surface area (Å²) in [6.07, 6.45) is 2.33. The molecule has 1 aromatic carbocycles. The number of carbonyl (C=O) groups is 3. The van der Waals surface area contributed by atoms with E-state index < -0.39 is 24.5 Å². The molecule has 0 spiro atoms. The standard InChI is InChI=1S/C19H24N4O5/c1-13(2)9-10-20-19(26)21-16(24)12-28-18(25)17-15(27-3)11-23(22-17)14-7-5-4-6-8-14/h4-8,11,13H,9-10,12H2,1-3H3,(H2,20,21,24,26). The Balaban J connectivity index is 1.89. The molecule has 0 bridgehead atoms. The number of nitrogens with one attached hydrogen (secondary N) is 2. The number of para-hydroxylation sites is 1. The zero-order chi connectivity index (χ0) is 20.5. The van der Waals surface area contributed by atoms with Crippen molar-refractivity contribution in [2.75, 3.05) is 20.3 Å². The molecular weight excluding hydrogens is 364 g/mol. The van der Waals surface area contributed by atoms with Crippen LogP contribution in [0.2, 0.25) is 0 Å². The van der Waals surface area contributed by atoms with Gasteiger partial charge in [-0.05, 0) is 24.5 Å². The Morgan fingerprint density at radius 2 is 1.89 bits per heavy atom. The van der Waals surface area contributed by atoms with Gasteiger partial charge in [-0.2, -0.15) is 5.10 Å². The maximum absolute atomic E-state index is 12.2. The number of aromatic nitrogens is 2. The Labute approximate surface area is 163 Å². The predicted octanol–water partition coefficient (Wildman–Crippen LogP) is 1.91. The fourth-order valence-electron chi connectivity index (χ4n) is 2.24. The number of rotatable bonds is 8. The van der Waals surface area contributed by atoms with Crippen LogP contribution in [0.15, 0.2) is 36.5 Å². The first-order valence-corrected chi connectivity index (χ1v) is 8.84. The van der Waals surface area contributed by atoms with Crippen LogP contribution >= 0.6 is 0 Å². The molecule has 0 aliphatic heterocycles. The first-order valence-electron chi connectivity index (χ1n) is 8.84. The highest BCUT2D eigenvalue weighted by Gasteiger charge is 2.21. The summed E-state index contributed by atoms with van der Waals surface area (Å²) >= 11 is 0. The van der Waals surface area contributed by atoms with E-state index in [4.69, 9.17) is 9.47 Å². The monoisotopic (exact) mass is 388 g/mol. The summed E-state index contributed by atoms with van der Waals surface area (Å²) in [5.74, 6) is -0.929. The van der Waals surface area contributed by atoms with E-state index in [-0.39, 0.29) is 11.4 Å². The topological polar surface area (TPSA) is 112 Å². The SMILES string of the molecule is COc1cn(-c2ccccc2)nc1C(=O)OCC(=O)NC(=O)NCCC(C)C. The van der Waals surface area contributed by atoms with Crippen molar-refractivity contribution in [3.8, 4) is 11.4 Å². The molecule has 2 rings (SSSR count). The summed E-state index contributed by atoms with van der Waals surface area (Å²) in [6, 6.07) is 8.51. The van der Waals surface area contributed by atoms with Crippen LogP contribution in [0.5, 0.6) is 5.75 Å². The number of benzene rings is 1. The van der Waals surface area contributed by atoms with Gasteiger partial charge in [0, 0.05) is 6.54 Å². The fraction of sp³-hybridized carbons (Fsp3) is 0.368. The molecular formula is C19H24N4O5. The Morgan fingerprint density at radius 1 is 1.18 bits per heavy atom. The van der Waals surface area contributed by atoms with Crippen molar-refractivity contribution in [1.82, 2.24) is 20.4 Å². The van der Waals surface area contributed by atoms with Crippen molar-refractivity contribution in [2.24, 2.45) is 5.92 Å². The number of amides is 3. The third-order valence-corrected chi connectivity index (χ3v) is 3.71. The minimum absolute atomic E-state index is 0.0689. The van der Waals surface area contributed by atoms with Gasteiger partial charge < -0.3 is 14.8 Å². The van der Waals surface area contributed by atoms with E-state index in [9.17, 15) is 14.4 Å². The van der Waals surface area contributed by atoms with Gasteiger partial charge in [-0.1, -0.05) is 32.0 Å². The summed E-state index contributed by atoms with van der Waals surface area (Å²) in [5, 5.41) is 8.81. The molecule has 0 saturated heterocycles. The highest BCUT2D eigenvalue weighted by molar-refractivity contribution is 5.97. The van der Waals surface area contributed by atoms with Crippen LogP contribution in [0.4, 0.5) is 4.79 Å². The second kappa shape index (κ2) is 10.1. The molecule has 150 valence electrons. The van der Waals surface area contributed by atoms with E-state index in [1.54, 1.807) is 0 Å². The zero-order valence-electron chi connectivity index (χ0n) is 16.1. The van der Waals surface area contributed by atoms with E-state index in [1.165, 1.54) is 18.0 Å². The number of hydrogen-bond donors (Lipinski definition) is 2. The second-order valence-electron chi connectivity index (χ2n) is 6.39. The number of methoxy groups -OCH3 is 1. The molecule has 3 amide bonds. The highest BCUT2D eigenvalue weighted by Crippen LogP contribution is 2.20. The van der Waals surface area contributed by atoms with E-state index in [0.29, 0.717) is 12.5 Å². The van der Waals surface area contributed by atoms with Gasteiger partial charge in [0.15, 0.2) is 12.4 Å².